The van der Waals surface area contributed by atoms with Gasteiger partial charge in [-0.15, -0.1) is 0 Å². The zero-order valence-corrected chi connectivity index (χ0v) is 50.6. The number of aryl methyl sites for hydroxylation is 6. The molecule has 0 aliphatic carbocycles. The molecule has 6 N–H and O–H groups in total. The summed E-state index contributed by atoms with van der Waals surface area (Å²) in [5.41, 5.74) is 18.1. The molecule has 2 heterocycles. The highest BCUT2D eigenvalue weighted by Crippen LogP contribution is 2.56. The first-order chi connectivity index (χ1) is 38.9. The van der Waals surface area contributed by atoms with Gasteiger partial charge in [0.05, 0.1) is 11.1 Å². The molecule has 0 saturated carbocycles. The second kappa shape index (κ2) is 28.5. The van der Waals surface area contributed by atoms with Crippen LogP contribution in [-0.4, -0.2) is 51.2 Å². The molecule has 0 fully saturated rings. The van der Waals surface area contributed by atoms with E-state index in [2.05, 4.69) is 200 Å². The van der Waals surface area contributed by atoms with E-state index in [0.717, 1.165) is 195 Å². The highest BCUT2D eigenvalue weighted by Gasteiger charge is 2.54. The predicted octanol–water partition coefficient (Wildman–Crippen LogP) is 16.6. The van der Waals surface area contributed by atoms with Crippen molar-refractivity contribution in [2.24, 2.45) is 0 Å². The lowest BCUT2D eigenvalue weighted by Crippen LogP contribution is -2.33. The van der Waals surface area contributed by atoms with Crippen LogP contribution in [0.25, 0.3) is 0 Å². The van der Waals surface area contributed by atoms with Crippen LogP contribution in [0.5, 0.6) is 0 Å². The lowest BCUT2D eigenvalue weighted by molar-refractivity contribution is 0.0247. The summed E-state index contributed by atoms with van der Waals surface area (Å²) >= 11 is 0. The number of rotatable bonds is 28. The number of hydrogen-bond donors (Lipinski definition) is 6. The summed E-state index contributed by atoms with van der Waals surface area (Å²) in [6.07, 6.45) is 11.4. The molecule has 8 rings (SSSR count). The van der Waals surface area contributed by atoms with E-state index in [9.17, 15) is 9.59 Å². The molecule has 0 bridgehead atoms. The van der Waals surface area contributed by atoms with E-state index >= 15 is 0 Å². The number of carbonyl (C=O) groups is 2. The minimum atomic E-state index is -1.11. The van der Waals surface area contributed by atoms with Crippen LogP contribution in [0, 0.1) is 0 Å². The van der Waals surface area contributed by atoms with Crippen LogP contribution < -0.4 is 31.9 Å². The second-order valence-corrected chi connectivity index (χ2v) is 21.5. The number of benzene rings is 6. The summed E-state index contributed by atoms with van der Waals surface area (Å²) in [4.78, 5) is 27.9. The van der Waals surface area contributed by atoms with E-state index in [1.54, 1.807) is 0 Å². The van der Waals surface area contributed by atoms with E-state index in [4.69, 9.17) is 9.47 Å². The number of nitrogens with one attached hydrogen (secondary N) is 6. The van der Waals surface area contributed by atoms with E-state index in [-0.39, 0.29) is 11.9 Å². The maximum Gasteiger partial charge on any atom is 0.340 e. The van der Waals surface area contributed by atoms with Gasteiger partial charge in [-0.25, -0.2) is 9.59 Å². The quantitative estimate of drug-likeness (QED) is 0.0265. The van der Waals surface area contributed by atoms with Crippen LogP contribution in [0.2, 0.25) is 0 Å². The largest absolute Gasteiger partial charge is 0.440 e. The first-order valence-electron chi connectivity index (χ1n) is 30.7. The molecule has 10 nitrogen and oxygen atoms in total. The molecule has 2 aliphatic rings. The Morgan fingerprint density at radius 2 is 0.525 bits per heavy atom. The zero-order valence-electron chi connectivity index (χ0n) is 50.6. The van der Waals surface area contributed by atoms with Gasteiger partial charge in [0.15, 0.2) is 11.2 Å². The summed E-state index contributed by atoms with van der Waals surface area (Å²) in [6, 6.07) is 34.9. The van der Waals surface area contributed by atoms with Crippen molar-refractivity contribution in [3.05, 3.63) is 175 Å². The van der Waals surface area contributed by atoms with Crippen LogP contribution >= 0.6 is 0 Å². The molecule has 0 saturated heterocycles. The van der Waals surface area contributed by atoms with Crippen LogP contribution in [0.4, 0.5) is 34.1 Å². The van der Waals surface area contributed by atoms with E-state index < -0.39 is 11.2 Å². The number of cyclic esters (lactones) is 2. The smallest absolute Gasteiger partial charge is 0.340 e. The number of anilines is 6. The van der Waals surface area contributed by atoms with Crippen molar-refractivity contribution in [2.45, 2.75) is 171 Å². The average molecular weight is 1080 g/mol. The van der Waals surface area contributed by atoms with Gasteiger partial charge < -0.3 is 41.4 Å². The number of esters is 2. The summed E-state index contributed by atoms with van der Waals surface area (Å²) in [5, 5.41) is 22.1. The zero-order chi connectivity index (χ0) is 57.4. The van der Waals surface area contributed by atoms with E-state index in [0.29, 0.717) is 11.1 Å². The van der Waals surface area contributed by atoms with Gasteiger partial charge in [-0.3, -0.25) is 0 Å². The molecule has 0 radical (unpaired) electrons. The van der Waals surface area contributed by atoms with Crippen molar-refractivity contribution in [1.82, 2.24) is 0 Å². The minimum absolute atomic E-state index is 0.271. The molecular formula is C70H94N6O4. The Labute approximate surface area is 480 Å². The Kier molecular flexibility index (Phi) is 21.6. The van der Waals surface area contributed by atoms with Gasteiger partial charge in [-0.1, -0.05) is 132 Å². The van der Waals surface area contributed by atoms with Crippen LogP contribution in [0.15, 0.2) is 97.1 Å². The molecule has 6 aromatic carbocycles. The fourth-order valence-electron chi connectivity index (χ4n) is 11.3. The second-order valence-electron chi connectivity index (χ2n) is 21.5. The van der Waals surface area contributed by atoms with Crippen molar-refractivity contribution in [3.8, 4) is 0 Å². The molecule has 0 aromatic heterocycles. The van der Waals surface area contributed by atoms with Gasteiger partial charge in [0.1, 0.15) is 0 Å². The fraction of sp³-hybridized carbons (Fsp3) is 0.457. The predicted molar refractivity (Wildman–Crippen MR) is 338 cm³/mol. The summed E-state index contributed by atoms with van der Waals surface area (Å²) in [6.45, 7) is 31.0. The molecule has 2 aliphatic heterocycles. The van der Waals surface area contributed by atoms with Crippen molar-refractivity contribution >= 4 is 46.1 Å². The highest BCUT2D eigenvalue weighted by atomic mass is 16.6. The molecule has 0 unspecified atom stereocenters. The topological polar surface area (TPSA) is 125 Å². The lowest BCUT2D eigenvalue weighted by Gasteiger charge is -2.35. The van der Waals surface area contributed by atoms with Crippen LogP contribution in [-0.2, 0) is 59.2 Å². The van der Waals surface area contributed by atoms with Crippen molar-refractivity contribution < 1.29 is 19.1 Å². The molecule has 80 heavy (non-hydrogen) atoms. The van der Waals surface area contributed by atoms with Crippen LogP contribution in [0.3, 0.4) is 0 Å². The summed E-state index contributed by atoms with van der Waals surface area (Å²) < 4.78 is 13.5. The van der Waals surface area contributed by atoms with Gasteiger partial charge in [0.25, 0.3) is 0 Å². The van der Waals surface area contributed by atoms with Gasteiger partial charge in [0.2, 0.25) is 0 Å². The fourth-order valence-corrected chi connectivity index (χ4v) is 11.3. The number of carbonyl (C=O) groups excluding carboxylic acids is 2. The maximum atomic E-state index is 13.9. The van der Waals surface area contributed by atoms with Crippen molar-refractivity contribution in [1.29, 1.82) is 0 Å². The number of ether oxygens (including phenoxy) is 2. The first-order valence-corrected chi connectivity index (χ1v) is 30.7. The number of fused-ring (bicyclic) bond motifs is 2. The first kappa shape index (κ1) is 60.7. The Morgan fingerprint density at radius 3 is 0.750 bits per heavy atom. The summed E-state index contributed by atoms with van der Waals surface area (Å²) in [5.74, 6) is -0.543. The Morgan fingerprint density at radius 1 is 0.300 bits per heavy atom. The normalized spacial score (nSPS) is 13.6. The minimum Gasteiger partial charge on any atom is -0.440 e. The monoisotopic (exact) mass is 1080 g/mol. The van der Waals surface area contributed by atoms with Gasteiger partial charge >= 0.3 is 11.9 Å². The van der Waals surface area contributed by atoms with E-state index in [1.807, 2.05) is 12.1 Å². The Balaban J connectivity index is 0.000000231. The molecular weight excluding hydrogens is 989 g/mol. The molecule has 6 aromatic rings. The standard InChI is InChI=1S/2C35H47N3O2/c2*1-7-17-36-30-21-24(10-4)13-15-28(30)35(29-16-14-25(11-5)22-31(29)37-18-8-2)33-27(34(39)40-35)20-26(12-6)23-32(33)38-19-9-3/h2*13-16,20-23,36-38H,7-12,17-19H2,1-6H3. The Bertz CT molecular complexity index is 2750. The molecule has 0 spiro atoms. The van der Waals surface area contributed by atoms with Crippen LogP contribution in [0.1, 0.15) is 209 Å². The van der Waals surface area contributed by atoms with Gasteiger partial charge in [-0.2, -0.15) is 0 Å². The summed E-state index contributed by atoms with van der Waals surface area (Å²) in [7, 11) is 0. The van der Waals surface area contributed by atoms with Crippen molar-refractivity contribution in [3.63, 3.8) is 0 Å². The average Bonchev–Trinajstić information content (AvgIpc) is 3.97. The SMILES string of the molecule is CCCNc1cc(CC)ccc1C1(c2ccc(CC)cc2NCCC)OC(=O)c2cc(CC)cc(NCCC)c21.CCCNc1cc(CC)ccc1C1(c2ccc(CC)cc2NCCC)OC(=O)c2cc(CC)cc(NCCC)c21. The molecule has 0 amide bonds. The molecule has 10 heteroatoms. The van der Waals surface area contributed by atoms with Crippen molar-refractivity contribution in [2.75, 3.05) is 71.2 Å². The third-order valence-corrected chi connectivity index (χ3v) is 15.7. The Hall–Kier alpha value is -6.94. The highest BCUT2D eigenvalue weighted by molar-refractivity contribution is 6.01. The third-order valence-electron chi connectivity index (χ3n) is 15.7. The maximum absolute atomic E-state index is 13.9. The molecule has 0 atom stereocenters. The lowest BCUT2D eigenvalue weighted by atomic mass is 9.76. The van der Waals surface area contributed by atoms with E-state index in [1.165, 1.54) is 22.3 Å². The van der Waals surface area contributed by atoms with Gasteiger partial charge in [0, 0.05) is 107 Å². The third kappa shape index (κ3) is 12.5. The van der Waals surface area contributed by atoms with Gasteiger partial charge in [-0.05, 0) is 159 Å². The molecule has 428 valence electrons. The number of hydrogen-bond acceptors (Lipinski definition) is 10.